The molecule has 1 N–H and O–H groups in total. The van der Waals surface area contributed by atoms with Crippen LogP contribution in [-0.2, 0) is 9.59 Å². The van der Waals surface area contributed by atoms with Gasteiger partial charge in [-0.2, -0.15) is 0 Å². The standard InChI is InChI=1S/C16H22FN3O2/c1-11-5-4-6-13(14(11)17)18-15(21)16(22)20(3)10-12-7-8-19(2)9-12/h4-6,12H,7-10H2,1-3H3,(H,18,21)/t12-/m0/s1. The number of halogens is 1. The van der Waals surface area contributed by atoms with Gasteiger partial charge in [-0.3, -0.25) is 9.59 Å². The Balaban J connectivity index is 1.94. The van der Waals surface area contributed by atoms with Gasteiger partial charge >= 0.3 is 11.8 Å². The van der Waals surface area contributed by atoms with Gasteiger partial charge in [-0.25, -0.2) is 4.39 Å². The van der Waals surface area contributed by atoms with Crippen LogP contribution in [0, 0.1) is 18.7 Å². The third-order valence-electron chi connectivity index (χ3n) is 4.00. The molecule has 1 aromatic carbocycles. The zero-order valence-electron chi connectivity index (χ0n) is 13.2. The molecule has 0 saturated carbocycles. The molecule has 0 unspecified atom stereocenters. The van der Waals surface area contributed by atoms with Crippen molar-refractivity contribution in [3.8, 4) is 0 Å². The third-order valence-corrected chi connectivity index (χ3v) is 4.00. The van der Waals surface area contributed by atoms with Gasteiger partial charge in [0.1, 0.15) is 5.82 Å². The molecule has 2 amide bonds. The fraction of sp³-hybridized carbons (Fsp3) is 0.500. The van der Waals surface area contributed by atoms with Crippen LogP contribution in [0.25, 0.3) is 0 Å². The summed E-state index contributed by atoms with van der Waals surface area (Å²) in [6.45, 7) is 4.07. The van der Waals surface area contributed by atoms with E-state index in [1.165, 1.54) is 11.0 Å². The molecular formula is C16H22FN3O2. The van der Waals surface area contributed by atoms with Crippen LogP contribution in [0.15, 0.2) is 18.2 Å². The Kier molecular flexibility index (Phi) is 5.13. The fourth-order valence-electron chi connectivity index (χ4n) is 2.74. The summed E-state index contributed by atoms with van der Waals surface area (Å²) in [6.07, 6.45) is 1.02. The highest BCUT2D eigenvalue weighted by molar-refractivity contribution is 6.39. The molecule has 1 aromatic rings. The molecule has 1 heterocycles. The lowest BCUT2D eigenvalue weighted by Crippen LogP contribution is -2.40. The molecule has 1 saturated heterocycles. The first-order valence-electron chi connectivity index (χ1n) is 7.38. The minimum Gasteiger partial charge on any atom is -0.337 e. The zero-order valence-corrected chi connectivity index (χ0v) is 13.2. The summed E-state index contributed by atoms with van der Waals surface area (Å²) in [6, 6.07) is 4.69. The van der Waals surface area contributed by atoms with Gasteiger partial charge in [0.15, 0.2) is 0 Å². The number of hydrogen-bond acceptors (Lipinski definition) is 3. The van der Waals surface area contributed by atoms with Gasteiger partial charge in [0.25, 0.3) is 0 Å². The predicted octanol–water partition coefficient (Wildman–Crippen LogP) is 1.48. The Morgan fingerprint density at radius 1 is 1.45 bits per heavy atom. The topological polar surface area (TPSA) is 52.7 Å². The Morgan fingerprint density at radius 2 is 2.18 bits per heavy atom. The van der Waals surface area contributed by atoms with Crippen molar-refractivity contribution in [1.29, 1.82) is 0 Å². The quantitative estimate of drug-likeness (QED) is 0.861. The molecule has 0 bridgehead atoms. The Labute approximate surface area is 130 Å². The fourth-order valence-corrected chi connectivity index (χ4v) is 2.74. The second-order valence-corrected chi connectivity index (χ2v) is 5.99. The lowest BCUT2D eigenvalue weighted by Gasteiger charge is -2.20. The monoisotopic (exact) mass is 307 g/mol. The van der Waals surface area contributed by atoms with Crippen LogP contribution in [0.1, 0.15) is 12.0 Å². The maximum absolute atomic E-state index is 13.9. The van der Waals surface area contributed by atoms with Crippen molar-refractivity contribution in [2.24, 2.45) is 5.92 Å². The maximum Gasteiger partial charge on any atom is 0.313 e. The van der Waals surface area contributed by atoms with Crippen molar-refractivity contribution in [3.63, 3.8) is 0 Å². The summed E-state index contributed by atoms with van der Waals surface area (Å²) in [5.41, 5.74) is 0.458. The van der Waals surface area contributed by atoms with Crippen LogP contribution in [0.5, 0.6) is 0 Å². The molecule has 0 spiro atoms. The highest BCUT2D eigenvalue weighted by Crippen LogP contribution is 2.18. The summed E-state index contributed by atoms with van der Waals surface area (Å²) >= 11 is 0. The highest BCUT2D eigenvalue weighted by atomic mass is 19.1. The number of carbonyl (C=O) groups excluding carboxylic acids is 2. The van der Waals surface area contributed by atoms with Crippen molar-refractivity contribution < 1.29 is 14.0 Å². The minimum atomic E-state index is -0.807. The summed E-state index contributed by atoms with van der Waals surface area (Å²) in [5, 5.41) is 2.35. The molecule has 0 radical (unpaired) electrons. The number of likely N-dealkylation sites (N-methyl/N-ethyl adjacent to an activating group) is 1. The maximum atomic E-state index is 13.9. The van der Waals surface area contributed by atoms with Gasteiger partial charge in [0.05, 0.1) is 5.69 Å². The van der Waals surface area contributed by atoms with E-state index >= 15 is 0 Å². The van der Waals surface area contributed by atoms with Crippen LogP contribution in [0.4, 0.5) is 10.1 Å². The number of amides is 2. The first-order valence-corrected chi connectivity index (χ1v) is 7.38. The van der Waals surface area contributed by atoms with Crippen LogP contribution in [-0.4, -0.2) is 55.3 Å². The number of nitrogens with zero attached hydrogens (tertiary/aromatic N) is 2. The van der Waals surface area contributed by atoms with E-state index in [9.17, 15) is 14.0 Å². The third kappa shape index (κ3) is 3.82. The number of anilines is 1. The minimum absolute atomic E-state index is 0.0346. The van der Waals surface area contributed by atoms with Gasteiger partial charge < -0.3 is 15.1 Å². The lowest BCUT2D eigenvalue weighted by atomic mass is 10.1. The highest BCUT2D eigenvalue weighted by Gasteiger charge is 2.26. The van der Waals surface area contributed by atoms with Crippen LogP contribution in [0.2, 0.25) is 0 Å². The van der Waals surface area contributed by atoms with E-state index in [0.29, 0.717) is 18.0 Å². The van der Waals surface area contributed by atoms with Crippen LogP contribution in [0.3, 0.4) is 0 Å². The molecule has 0 aliphatic carbocycles. The van der Waals surface area contributed by atoms with Gasteiger partial charge in [0.2, 0.25) is 0 Å². The van der Waals surface area contributed by atoms with E-state index in [1.807, 2.05) is 7.05 Å². The molecule has 120 valence electrons. The van der Waals surface area contributed by atoms with Gasteiger partial charge in [-0.1, -0.05) is 12.1 Å². The molecule has 22 heavy (non-hydrogen) atoms. The Morgan fingerprint density at radius 3 is 2.82 bits per heavy atom. The van der Waals surface area contributed by atoms with E-state index in [1.54, 1.807) is 26.1 Å². The largest absolute Gasteiger partial charge is 0.337 e. The van der Waals surface area contributed by atoms with E-state index < -0.39 is 17.6 Å². The molecule has 5 nitrogen and oxygen atoms in total. The molecule has 6 heteroatoms. The van der Waals surface area contributed by atoms with Crippen LogP contribution < -0.4 is 5.32 Å². The van der Waals surface area contributed by atoms with E-state index in [-0.39, 0.29) is 5.69 Å². The second-order valence-electron chi connectivity index (χ2n) is 5.99. The molecule has 1 aliphatic heterocycles. The number of hydrogen-bond donors (Lipinski definition) is 1. The van der Waals surface area contributed by atoms with Crippen molar-refractivity contribution in [2.45, 2.75) is 13.3 Å². The van der Waals surface area contributed by atoms with Crippen LogP contribution >= 0.6 is 0 Å². The molecule has 1 fully saturated rings. The Hall–Kier alpha value is -1.95. The van der Waals surface area contributed by atoms with Crippen molar-refractivity contribution >= 4 is 17.5 Å². The first kappa shape index (κ1) is 16.4. The first-order chi connectivity index (χ1) is 10.4. The molecule has 1 atom stereocenters. The second kappa shape index (κ2) is 6.87. The summed E-state index contributed by atoms with van der Waals surface area (Å²) in [5.74, 6) is -1.58. The number of carbonyl (C=O) groups is 2. The number of benzene rings is 1. The molecule has 2 rings (SSSR count). The van der Waals surface area contributed by atoms with Crippen molar-refractivity contribution in [2.75, 3.05) is 39.0 Å². The predicted molar refractivity (Wildman–Crippen MR) is 83.0 cm³/mol. The summed E-state index contributed by atoms with van der Waals surface area (Å²) in [7, 11) is 3.64. The smallest absolute Gasteiger partial charge is 0.313 e. The summed E-state index contributed by atoms with van der Waals surface area (Å²) < 4.78 is 13.9. The van der Waals surface area contributed by atoms with E-state index in [0.717, 1.165) is 19.5 Å². The number of nitrogens with one attached hydrogen (secondary N) is 1. The van der Waals surface area contributed by atoms with Crippen molar-refractivity contribution in [1.82, 2.24) is 9.80 Å². The average molecular weight is 307 g/mol. The number of likely N-dealkylation sites (tertiary alicyclic amines) is 1. The van der Waals surface area contributed by atoms with Crippen molar-refractivity contribution in [3.05, 3.63) is 29.6 Å². The zero-order chi connectivity index (χ0) is 16.3. The summed E-state index contributed by atoms with van der Waals surface area (Å²) in [4.78, 5) is 27.7. The van der Waals surface area contributed by atoms with Gasteiger partial charge in [-0.05, 0) is 44.5 Å². The lowest BCUT2D eigenvalue weighted by molar-refractivity contribution is -0.142. The van der Waals surface area contributed by atoms with Gasteiger partial charge in [-0.15, -0.1) is 0 Å². The van der Waals surface area contributed by atoms with Gasteiger partial charge in [0, 0.05) is 20.1 Å². The Bertz CT molecular complexity index is 577. The number of rotatable bonds is 3. The van der Waals surface area contributed by atoms with E-state index in [4.69, 9.17) is 0 Å². The molecular weight excluding hydrogens is 285 g/mol. The van der Waals surface area contributed by atoms with E-state index in [2.05, 4.69) is 10.2 Å². The normalized spacial score (nSPS) is 18.3. The molecule has 0 aromatic heterocycles. The number of aryl methyl sites for hydroxylation is 1. The molecule has 1 aliphatic rings. The SMILES string of the molecule is Cc1cccc(NC(=O)C(=O)N(C)C[C@H]2CCN(C)C2)c1F. The average Bonchev–Trinajstić information content (AvgIpc) is 2.88.